The molecule has 1 rings (SSSR count). The predicted octanol–water partition coefficient (Wildman–Crippen LogP) is 0.297. The zero-order chi connectivity index (χ0) is 14.5. The third kappa shape index (κ3) is 4.96. The first-order chi connectivity index (χ1) is 8.86. The first-order valence-electron chi connectivity index (χ1n) is 6.45. The molecule has 0 aromatic carbocycles. The van der Waals surface area contributed by atoms with Crippen LogP contribution in [0.5, 0.6) is 0 Å². The van der Waals surface area contributed by atoms with Crippen LogP contribution in [-0.4, -0.2) is 51.6 Å². The lowest BCUT2D eigenvalue weighted by atomic mass is 9.99. The lowest BCUT2D eigenvalue weighted by Gasteiger charge is -2.31. The van der Waals surface area contributed by atoms with Gasteiger partial charge in [-0.15, -0.1) is 0 Å². The van der Waals surface area contributed by atoms with Gasteiger partial charge >= 0.3 is 16.3 Å². The molecule has 8 heteroatoms. The fraction of sp³-hybridized carbons (Fsp3) is 0.909. The maximum absolute atomic E-state index is 12.1. The van der Waals surface area contributed by atoms with Gasteiger partial charge in [0, 0.05) is 12.6 Å². The number of hydrogen-bond acceptors (Lipinski definition) is 5. The van der Waals surface area contributed by atoms with Gasteiger partial charge in [0.1, 0.15) is 0 Å². The number of rotatable bonds is 5. The van der Waals surface area contributed by atoms with Crippen molar-refractivity contribution in [3.8, 4) is 0 Å². The number of carbonyl (C=O) groups is 1. The SMILES string of the molecule is COC(=O)NS(=O)(=O)N(CC1CCCNC1)C(C)C. The molecular weight excluding hydrogens is 270 g/mol. The summed E-state index contributed by atoms with van der Waals surface area (Å²) in [6, 6.07) is -0.218. The Morgan fingerprint density at radius 1 is 1.53 bits per heavy atom. The molecule has 1 unspecified atom stereocenters. The van der Waals surface area contributed by atoms with Crippen LogP contribution in [0.3, 0.4) is 0 Å². The van der Waals surface area contributed by atoms with Crippen molar-refractivity contribution in [1.29, 1.82) is 0 Å². The van der Waals surface area contributed by atoms with Gasteiger partial charge < -0.3 is 10.1 Å². The molecule has 0 aromatic rings. The van der Waals surface area contributed by atoms with Gasteiger partial charge in [0.05, 0.1) is 7.11 Å². The molecule has 0 aromatic heterocycles. The predicted molar refractivity (Wildman–Crippen MR) is 71.9 cm³/mol. The summed E-state index contributed by atoms with van der Waals surface area (Å²) in [5.41, 5.74) is 0. The topological polar surface area (TPSA) is 87.7 Å². The Balaban J connectivity index is 2.72. The summed E-state index contributed by atoms with van der Waals surface area (Å²) < 4.78 is 31.8. The van der Waals surface area contributed by atoms with Crippen LogP contribution in [0.1, 0.15) is 26.7 Å². The molecule has 7 nitrogen and oxygen atoms in total. The molecule has 1 atom stereocenters. The molecule has 0 aliphatic carbocycles. The van der Waals surface area contributed by atoms with Gasteiger partial charge in [-0.1, -0.05) is 0 Å². The van der Waals surface area contributed by atoms with Crippen molar-refractivity contribution >= 4 is 16.3 Å². The highest BCUT2D eigenvalue weighted by atomic mass is 32.2. The Labute approximate surface area is 114 Å². The van der Waals surface area contributed by atoms with E-state index >= 15 is 0 Å². The van der Waals surface area contributed by atoms with E-state index in [1.807, 2.05) is 4.72 Å². The summed E-state index contributed by atoms with van der Waals surface area (Å²) in [6.07, 6.45) is 1.07. The molecule has 0 spiro atoms. The van der Waals surface area contributed by atoms with Gasteiger partial charge in [-0.3, -0.25) is 0 Å². The smallest absolute Gasteiger partial charge is 0.421 e. The summed E-state index contributed by atoms with van der Waals surface area (Å²) in [7, 11) is -2.72. The normalized spacial score (nSPS) is 20.6. The number of ether oxygens (including phenoxy) is 1. The van der Waals surface area contributed by atoms with Crippen LogP contribution in [0.2, 0.25) is 0 Å². The van der Waals surface area contributed by atoms with Crippen LogP contribution < -0.4 is 10.0 Å². The first kappa shape index (κ1) is 16.2. The number of nitrogens with zero attached hydrogens (tertiary/aromatic N) is 1. The van der Waals surface area contributed by atoms with E-state index in [0.29, 0.717) is 6.54 Å². The summed E-state index contributed by atoms with van der Waals surface area (Å²) in [6.45, 7) is 5.75. The molecule has 0 saturated carbocycles. The Morgan fingerprint density at radius 3 is 2.68 bits per heavy atom. The highest BCUT2D eigenvalue weighted by molar-refractivity contribution is 7.87. The molecule has 1 fully saturated rings. The second-order valence-corrected chi connectivity index (χ2v) is 6.60. The second kappa shape index (κ2) is 7.06. The fourth-order valence-corrected chi connectivity index (χ4v) is 3.50. The number of nitrogens with one attached hydrogen (secondary N) is 2. The third-order valence-corrected chi connectivity index (χ3v) is 4.73. The van der Waals surface area contributed by atoms with Crippen molar-refractivity contribution in [2.45, 2.75) is 32.7 Å². The van der Waals surface area contributed by atoms with E-state index in [9.17, 15) is 13.2 Å². The van der Waals surface area contributed by atoms with Gasteiger partial charge in [0.15, 0.2) is 0 Å². The zero-order valence-corrected chi connectivity index (χ0v) is 12.5. The highest BCUT2D eigenvalue weighted by Crippen LogP contribution is 2.15. The summed E-state index contributed by atoms with van der Waals surface area (Å²) in [5, 5.41) is 3.25. The zero-order valence-electron chi connectivity index (χ0n) is 11.7. The van der Waals surface area contributed by atoms with Crippen molar-refractivity contribution in [3.63, 3.8) is 0 Å². The van der Waals surface area contributed by atoms with Crippen LogP contribution in [0.15, 0.2) is 0 Å². The third-order valence-electron chi connectivity index (χ3n) is 3.12. The molecule has 19 heavy (non-hydrogen) atoms. The Morgan fingerprint density at radius 2 is 2.21 bits per heavy atom. The average Bonchev–Trinajstić information content (AvgIpc) is 2.36. The minimum Gasteiger partial charge on any atom is -0.452 e. The van der Waals surface area contributed by atoms with E-state index in [0.717, 1.165) is 33.0 Å². The van der Waals surface area contributed by atoms with Crippen LogP contribution in [0.25, 0.3) is 0 Å². The van der Waals surface area contributed by atoms with Crippen LogP contribution >= 0.6 is 0 Å². The van der Waals surface area contributed by atoms with Crippen LogP contribution in [-0.2, 0) is 14.9 Å². The Kier molecular flexibility index (Phi) is 6.02. The van der Waals surface area contributed by atoms with Crippen molar-refractivity contribution in [2.75, 3.05) is 26.7 Å². The monoisotopic (exact) mass is 293 g/mol. The second-order valence-electron chi connectivity index (χ2n) is 4.97. The van der Waals surface area contributed by atoms with E-state index in [1.54, 1.807) is 13.8 Å². The summed E-state index contributed by atoms with van der Waals surface area (Å²) in [5.74, 6) is 0.269. The molecule has 1 aliphatic rings. The number of carbonyl (C=O) groups excluding carboxylic acids is 1. The fourth-order valence-electron chi connectivity index (χ4n) is 2.13. The van der Waals surface area contributed by atoms with Crippen LogP contribution in [0.4, 0.5) is 4.79 Å². The molecule has 1 amide bonds. The lowest BCUT2D eigenvalue weighted by Crippen LogP contribution is -2.50. The molecular formula is C11H23N3O4S. The molecule has 1 heterocycles. The van der Waals surface area contributed by atoms with Gasteiger partial charge in [0.2, 0.25) is 0 Å². The van der Waals surface area contributed by atoms with Gasteiger partial charge in [-0.05, 0) is 45.7 Å². The van der Waals surface area contributed by atoms with Crippen molar-refractivity contribution < 1.29 is 17.9 Å². The summed E-state index contributed by atoms with van der Waals surface area (Å²) in [4.78, 5) is 11.1. The van der Waals surface area contributed by atoms with Gasteiger partial charge in [-0.2, -0.15) is 12.7 Å². The van der Waals surface area contributed by atoms with Crippen molar-refractivity contribution in [3.05, 3.63) is 0 Å². The van der Waals surface area contributed by atoms with Crippen molar-refractivity contribution in [2.24, 2.45) is 5.92 Å². The van der Waals surface area contributed by atoms with E-state index in [4.69, 9.17) is 0 Å². The van der Waals surface area contributed by atoms with E-state index in [1.165, 1.54) is 4.31 Å². The average molecular weight is 293 g/mol. The summed E-state index contributed by atoms with van der Waals surface area (Å²) >= 11 is 0. The molecule has 0 radical (unpaired) electrons. The van der Waals surface area contributed by atoms with Crippen molar-refractivity contribution in [1.82, 2.24) is 14.3 Å². The highest BCUT2D eigenvalue weighted by Gasteiger charge is 2.30. The van der Waals surface area contributed by atoms with Gasteiger partial charge in [-0.25, -0.2) is 9.52 Å². The molecule has 112 valence electrons. The first-order valence-corrected chi connectivity index (χ1v) is 7.89. The molecule has 1 aliphatic heterocycles. The quantitative estimate of drug-likeness (QED) is 0.761. The standard InChI is InChI=1S/C11H23N3O4S/c1-9(2)14(8-10-5-4-6-12-7-10)19(16,17)13-11(15)18-3/h9-10,12H,4-8H2,1-3H3,(H,13,15). The number of hydrogen-bond donors (Lipinski definition) is 2. The molecule has 1 saturated heterocycles. The Bertz CT molecular complexity index is 391. The largest absolute Gasteiger partial charge is 0.452 e. The van der Waals surface area contributed by atoms with Crippen LogP contribution in [0, 0.1) is 5.92 Å². The lowest BCUT2D eigenvalue weighted by molar-refractivity contribution is 0.176. The Hall–Kier alpha value is -0.860. The van der Waals surface area contributed by atoms with Gasteiger partial charge in [0.25, 0.3) is 0 Å². The molecule has 2 N–H and O–H groups in total. The molecule has 0 bridgehead atoms. The van der Waals surface area contributed by atoms with E-state index < -0.39 is 16.3 Å². The maximum Gasteiger partial charge on any atom is 0.421 e. The maximum atomic E-state index is 12.1. The number of piperidine rings is 1. The number of methoxy groups -OCH3 is 1. The van der Waals surface area contributed by atoms with E-state index in [2.05, 4.69) is 10.1 Å². The minimum absolute atomic E-state index is 0.218. The number of amides is 1. The van der Waals surface area contributed by atoms with E-state index in [-0.39, 0.29) is 12.0 Å². The minimum atomic E-state index is -3.85.